The maximum absolute atomic E-state index is 13.3. The van der Waals surface area contributed by atoms with Crippen molar-refractivity contribution >= 4 is 32.4 Å². The van der Waals surface area contributed by atoms with Crippen molar-refractivity contribution in [2.24, 2.45) is 5.92 Å². The van der Waals surface area contributed by atoms with Crippen LogP contribution in [0, 0.1) is 12.8 Å². The van der Waals surface area contributed by atoms with E-state index in [1.54, 1.807) is 28.4 Å². The van der Waals surface area contributed by atoms with Crippen LogP contribution in [0.2, 0.25) is 0 Å². The van der Waals surface area contributed by atoms with E-state index in [4.69, 9.17) is 4.74 Å². The number of ether oxygens (including phenoxy) is 1. The number of hydrogen-bond acceptors (Lipinski definition) is 7. The summed E-state index contributed by atoms with van der Waals surface area (Å²) >= 11 is 1.60. The summed E-state index contributed by atoms with van der Waals surface area (Å²) < 4.78 is 33.5. The van der Waals surface area contributed by atoms with E-state index in [9.17, 15) is 13.2 Å². The van der Waals surface area contributed by atoms with Crippen LogP contribution in [0.5, 0.6) is 5.75 Å². The number of carbonyl (C=O) groups excluding carboxylic acids is 1. The third kappa shape index (κ3) is 5.75. The maximum atomic E-state index is 13.3. The SMILES string of the molecule is COc1ccc(S(=O)(=O)N[C@H](C(=O)N2CCCN(c3nc(C)cs3)CC2)C(C)C)cc1. The fourth-order valence-corrected chi connectivity index (χ4v) is 5.67. The molecule has 2 aromatic rings. The summed E-state index contributed by atoms with van der Waals surface area (Å²) in [6, 6.07) is 5.29. The summed E-state index contributed by atoms with van der Waals surface area (Å²) in [5, 5.41) is 2.98. The molecule has 1 aliphatic heterocycles. The number of methoxy groups -OCH3 is 1. The fraction of sp³-hybridized carbons (Fsp3) is 0.524. The van der Waals surface area contributed by atoms with Gasteiger partial charge in [-0.05, 0) is 43.5 Å². The zero-order valence-electron chi connectivity index (χ0n) is 18.4. The van der Waals surface area contributed by atoms with Gasteiger partial charge in [0.15, 0.2) is 5.13 Å². The van der Waals surface area contributed by atoms with Crippen LogP contribution in [0.4, 0.5) is 5.13 Å². The molecule has 0 unspecified atom stereocenters. The first kappa shape index (κ1) is 23.5. The Balaban J connectivity index is 1.70. The van der Waals surface area contributed by atoms with Crippen LogP contribution >= 0.6 is 11.3 Å². The Morgan fingerprint density at radius 1 is 1.16 bits per heavy atom. The molecule has 1 saturated heterocycles. The van der Waals surface area contributed by atoms with Gasteiger partial charge in [0.25, 0.3) is 0 Å². The Hall–Kier alpha value is -2.17. The molecule has 1 fully saturated rings. The van der Waals surface area contributed by atoms with E-state index in [1.165, 1.54) is 19.2 Å². The summed E-state index contributed by atoms with van der Waals surface area (Å²) in [6.07, 6.45) is 0.806. The Labute approximate surface area is 188 Å². The van der Waals surface area contributed by atoms with Gasteiger partial charge in [0.2, 0.25) is 15.9 Å². The van der Waals surface area contributed by atoms with Gasteiger partial charge in [-0.2, -0.15) is 4.72 Å². The second-order valence-electron chi connectivity index (χ2n) is 7.96. The van der Waals surface area contributed by atoms with Crippen molar-refractivity contribution in [3.63, 3.8) is 0 Å². The number of aromatic nitrogens is 1. The van der Waals surface area contributed by atoms with Gasteiger partial charge in [-0.25, -0.2) is 13.4 Å². The van der Waals surface area contributed by atoms with Gasteiger partial charge in [-0.15, -0.1) is 11.3 Å². The van der Waals surface area contributed by atoms with Crippen molar-refractivity contribution in [1.82, 2.24) is 14.6 Å². The number of hydrogen-bond donors (Lipinski definition) is 1. The maximum Gasteiger partial charge on any atom is 0.241 e. The lowest BCUT2D eigenvalue weighted by Crippen LogP contribution is -2.51. The zero-order valence-corrected chi connectivity index (χ0v) is 20.0. The molecule has 1 aliphatic rings. The molecule has 0 spiro atoms. The number of nitrogens with one attached hydrogen (secondary N) is 1. The summed E-state index contributed by atoms with van der Waals surface area (Å²) in [7, 11) is -2.32. The second-order valence-corrected chi connectivity index (χ2v) is 10.5. The molecule has 0 aliphatic carbocycles. The van der Waals surface area contributed by atoms with Gasteiger partial charge in [0, 0.05) is 31.6 Å². The fourth-order valence-electron chi connectivity index (χ4n) is 3.47. The minimum atomic E-state index is -3.85. The molecule has 1 aromatic heterocycles. The van der Waals surface area contributed by atoms with Crippen LogP contribution in [-0.2, 0) is 14.8 Å². The number of aryl methyl sites for hydroxylation is 1. The highest BCUT2D eigenvalue weighted by Gasteiger charge is 2.32. The van der Waals surface area contributed by atoms with E-state index >= 15 is 0 Å². The number of amides is 1. The van der Waals surface area contributed by atoms with Crippen molar-refractivity contribution in [2.75, 3.05) is 38.2 Å². The molecule has 1 N–H and O–H groups in total. The molecular weight excluding hydrogens is 436 g/mol. The minimum Gasteiger partial charge on any atom is -0.497 e. The standard InChI is InChI=1S/C21H30N4O4S2/c1-15(2)19(23-31(27,28)18-8-6-17(29-4)7-9-18)20(26)24-10-5-11-25(13-12-24)21-22-16(3)14-30-21/h6-9,14-15,19,23H,5,10-13H2,1-4H3/t19-/m0/s1. The molecule has 0 saturated carbocycles. The highest BCUT2D eigenvalue weighted by Crippen LogP contribution is 2.22. The Kier molecular flexibility index (Phi) is 7.55. The molecular formula is C21H30N4O4S2. The predicted molar refractivity (Wildman–Crippen MR) is 122 cm³/mol. The van der Waals surface area contributed by atoms with Crippen LogP contribution in [0.25, 0.3) is 0 Å². The number of thiazole rings is 1. The molecule has 10 heteroatoms. The summed E-state index contributed by atoms with van der Waals surface area (Å²) in [5.74, 6) is 0.186. The Morgan fingerprint density at radius 3 is 2.45 bits per heavy atom. The molecule has 31 heavy (non-hydrogen) atoms. The highest BCUT2D eigenvalue weighted by atomic mass is 32.2. The van der Waals surface area contributed by atoms with Gasteiger partial charge < -0.3 is 14.5 Å². The number of carbonyl (C=O) groups is 1. The molecule has 3 rings (SSSR count). The monoisotopic (exact) mass is 466 g/mol. The molecule has 1 aromatic carbocycles. The van der Waals surface area contributed by atoms with Crippen molar-refractivity contribution < 1.29 is 17.9 Å². The molecule has 2 heterocycles. The van der Waals surface area contributed by atoms with Crippen molar-refractivity contribution in [3.8, 4) is 5.75 Å². The van der Waals surface area contributed by atoms with Crippen LogP contribution in [0.15, 0.2) is 34.5 Å². The molecule has 170 valence electrons. The van der Waals surface area contributed by atoms with Gasteiger partial charge in [-0.1, -0.05) is 13.8 Å². The van der Waals surface area contributed by atoms with Crippen LogP contribution < -0.4 is 14.4 Å². The zero-order chi connectivity index (χ0) is 22.6. The minimum absolute atomic E-state index is 0.105. The van der Waals surface area contributed by atoms with E-state index in [2.05, 4.69) is 14.6 Å². The smallest absolute Gasteiger partial charge is 0.241 e. The first-order valence-electron chi connectivity index (χ1n) is 10.3. The first-order chi connectivity index (χ1) is 14.7. The first-order valence-corrected chi connectivity index (χ1v) is 12.7. The topological polar surface area (TPSA) is 91.8 Å². The number of rotatable bonds is 7. The normalized spacial score (nSPS) is 16.3. The van der Waals surface area contributed by atoms with Crippen LogP contribution in [0.3, 0.4) is 0 Å². The lowest BCUT2D eigenvalue weighted by Gasteiger charge is -2.29. The van der Waals surface area contributed by atoms with E-state index < -0.39 is 16.1 Å². The average molecular weight is 467 g/mol. The number of benzene rings is 1. The molecule has 1 atom stereocenters. The van der Waals surface area contributed by atoms with Crippen molar-refractivity contribution in [1.29, 1.82) is 0 Å². The highest BCUT2D eigenvalue weighted by molar-refractivity contribution is 7.89. The van der Waals surface area contributed by atoms with Gasteiger partial charge >= 0.3 is 0 Å². The molecule has 8 nitrogen and oxygen atoms in total. The lowest BCUT2D eigenvalue weighted by atomic mass is 10.0. The van der Waals surface area contributed by atoms with Crippen LogP contribution in [-0.4, -0.2) is 63.5 Å². The Bertz CT molecular complexity index is 989. The number of sulfonamides is 1. The van der Waals surface area contributed by atoms with E-state index in [0.29, 0.717) is 25.4 Å². The predicted octanol–water partition coefficient (Wildman–Crippen LogP) is 2.50. The summed E-state index contributed by atoms with van der Waals surface area (Å²) in [5.41, 5.74) is 0.991. The number of nitrogens with zero attached hydrogens (tertiary/aromatic N) is 3. The Morgan fingerprint density at radius 2 is 1.87 bits per heavy atom. The largest absolute Gasteiger partial charge is 0.497 e. The summed E-state index contributed by atoms with van der Waals surface area (Å²) in [6.45, 7) is 8.28. The molecule has 0 bridgehead atoms. The van der Waals surface area contributed by atoms with Gasteiger partial charge in [-0.3, -0.25) is 4.79 Å². The van der Waals surface area contributed by atoms with Crippen LogP contribution in [0.1, 0.15) is 26.0 Å². The third-order valence-electron chi connectivity index (χ3n) is 5.27. The quantitative estimate of drug-likeness (QED) is 0.674. The average Bonchev–Trinajstić information content (AvgIpc) is 3.03. The van der Waals surface area contributed by atoms with Crippen molar-refractivity contribution in [2.45, 2.75) is 38.1 Å². The van der Waals surface area contributed by atoms with E-state index in [0.717, 1.165) is 23.8 Å². The summed E-state index contributed by atoms with van der Waals surface area (Å²) in [4.78, 5) is 21.9. The van der Waals surface area contributed by atoms with Crippen molar-refractivity contribution in [3.05, 3.63) is 35.3 Å². The van der Waals surface area contributed by atoms with E-state index in [1.807, 2.05) is 26.2 Å². The lowest BCUT2D eigenvalue weighted by molar-refractivity contribution is -0.133. The van der Waals surface area contributed by atoms with E-state index in [-0.39, 0.29) is 16.7 Å². The van der Waals surface area contributed by atoms with Gasteiger partial charge in [0.1, 0.15) is 11.8 Å². The third-order valence-corrected chi connectivity index (χ3v) is 7.75. The second kappa shape index (κ2) is 9.97. The molecule has 0 radical (unpaired) electrons. The molecule has 1 amide bonds. The van der Waals surface area contributed by atoms with Gasteiger partial charge in [0.05, 0.1) is 17.7 Å². The number of anilines is 1.